The van der Waals surface area contributed by atoms with Gasteiger partial charge in [0, 0.05) is 18.3 Å². The third kappa shape index (κ3) is 3.58. The summed E-state index contributed by atoms with van der Waals surface area (Å²) in [6, 6.07) is 8.18. The standard InChI is InChI=1S/C16H24N2O2/c1-4-20-11-13-6-5-7-14(10-13)17-16(19)15-8-9-18(3)12(15)2/h5-7,10,12,15H,4,8-9,11H2,1-3H3,(H,17,19)/t12-,15-/m1/s1. The van der Waals surface area contributed by atoms with Gasteiger partial charge in [0.15, 0.2) is 0 Å². The van der Waals surface area contributed by atoms with Gasteiger partial charge in [-0.25, -0.2) is 0 Å². The minimum Gasteiger partial charge on any atom is -0.377 e. The molecular weight excluding hydrogens is 252 g/mol. The van der Waals surface area contributed by atoms with Gasteiger partial charge in [0.25, 0.3) is 0 Å². The van der Waals surface area contributed by atoms with Crippen molar-refractivity contribution in [1.82, 2.24) is 4.90 Å². The lowest BCUT2D eigenvalue weighted by Crippen LogP contribution is -2.33. The van der Waals surface area contributed by atoms with Gasteiger partial charge in [-0.1, -0.05) is 12.1 Å². The normalized spacial score (nSPS) is 22.9. The van der Waals surface area contributed by atoms with Crippen molar-refractivity contribution in [3.05, 3.63) is 29.8 Å². The Morgan fingerprint density at radius 2 is 2.30 bits per heavy atom. The number of likely N-dealkylation sites (tertiary alicyclic amines) is 1. The van der Waals surface area contributed by atoms with Crippen LogP contribution < -0.4 is 5.32 Å². The lowest BCUT2D eigenvalue weighted by Gasteiger charge is -2.20. The number of ether oxygens (including phenoxy) is 1. The van der Waals surface area contributed by atoms with E-state index in [1.807, 2.05) is 31.2 Å². The van der Waals surface area contributed by atoms with E-state index < -0.39 is 0 Å². The molecule has 1 amide bonds. The third-order valence-electron chi connectivity index (χ3n) is 4.07. The summed E-state index contributed by atoms with van der Waals surface area (Å²) in [5.74, 6) is 0.200. The van der Waals surface area contributed by atoms with Crippen LogP contribution in [0.15, 0.2) is 24.3 Å². The van der Waals surface area contributed by atoms with Crippen molar-refractivity contribution in [3.8, 4) is 0 Å². The van der Waals surface area contributed by atoms with Gasteiger partial charge in [0.1, 0.15) is 0 Å². The number of rotatable bonds is 5. The third-order valence-corrected chi connectivity index (χ3v) is 4.07. The van der Waals surface area contributed by atoms with Crippen LogP contribution in [0.2, 0.25) is 0 Å². The van der Waals surface area contributed by atoms with Crippen LogP contribution in [0, 0.1) is 5.92 Å². The summed E-state index contributed by atoms with van der Waals surface area (Å²) < 4.78 is 5.39. The van der Waals surface area contributed by atoms with Crippen molar-refractivity contribution in [2.75, 3.05) is 25.5 Å². The summed E-state index contributed by atoms with van der Waals surface area (Å²) in [7, 11) is 2.07. The summed E-state index contributed by atoms with van der Waals surface area (Å²) in [5, 5.41) is 3.03. The molecule has 110 valence electrons. The first-order valence-corrected chi connectivity index (χ1v) is 7.29. The van der Waals surface area contributed by atoms with Gasteiger partial charge >= 0.3 is 0 Å². The average Bonchev–Trinajstić information content (AvgIpc) is 2.77. The number of nitrogens with zero attached hydrogens (tertiary/aromatic N) is 1. The van der Waals surface area contributed by atoms with Crippen LogP contribution in [0.25, 0.3) is 0 Å². The van der Waals surface area contributed by atoms with Crippen molar-refractivity contribution < 1.29 is 9.53 Å². The summed E-state index contributed by atoms with van der Waals surface area (Å²) in [4.78, 5) is 14.6. The zero-order chi connectivity index (χ0) is 14.5. The fourth-order valence-electron chi connectivity index (χ4n) is 2.64. The molecule has 1 aromatic rings. The maximum atomic E-state index is 12.3. The Bertz CT molecular complexity index is 462. The molecule has 4 nitrogen and oxygen atoms in total. The number of benzene rings is 1. The molecule has 2 atom stereocenters. The van der Waals surface area contributed by atoms with E-state index in [1.54, 1.807) is 0 Å². The highest BCUT2D eigenvalue weighted by Crippen LogP contribution is 2.24. The van der Waals surface area contributed by atoms with Crippen LogP contribution >= 0.6 is 0 Å². The Morgan fingerprint density at radius 3 is 2.95 bits per heavy atom. The van der Waals surface area contributed by atoms with E-state index in [1.165, 1.54) is 0 Å². The van der Waals surface area contributed by atoms with Crippen LogP contribution in [0.1, 0.15) is 25.8 Å². The van der Waals surface area contributed by atoms with Crippen molar-refractivity contribution in [1.29, 1.82) is 0 Å². The molecule has 0 radical (unpaired) electrons. The molecule has 0 aliphatic carbocycles. The number of carbonyl (C=O) groups excluding carboxylic acids is 1. The Labute approximate surface area is 121 Å². The predicted molar refractivity (Wildman–Crippen MR) is 80.6 cm³/mol. The largest absolute Gasteiger partial charge is 0.377 e. The molecule has 1 fully saturated rings. The monoisotopic (exact) mass is 276 g/mol. The van der Waals surface area contributed by atoms with Gasteiger partial charge in [0.05, 0.1) is 12.5 Å². The summed E-state index contributed by atoms with van der Waals surface area (Å²) in [6.07, 6.45) is 0.933. The Balaban J connectivity index is 1.97. The molecular formula is C16H24N2O2. The van der Waals surface area contributed by atoms with Crippen molar-refractivity contribution in [3.63, 3.8) is 0 Å². The first-order chi connectivity index (χ1) is 9.61. The molecule has 0 aromatic heterocycles. The molecule has 1 aliphatic heterocycles. The molecule has 0 spiro atoms. The second-order valence-electron chi connectivity index (χ2n) is 5.44. The van der Waals surface area contributed by atoms with Crippen molar-refractivity contribution >= 4 is 11.6 Å². The van der Waals surface area contributed by atoms with E-state index in [9.17, 15) is 4.79 Å². The Morgan fingerprint density at radius 1 is 1.50 bits per heavy atom. The number of carbonyl (C=O) groups is 1. The summed E-state index contributed by atoms with van der Waals surface area (Å²) in [6.45, 7) is 6.36. The number of hydrogen-bond donors (Lipinski definition) is 1. The van der Waals surface area contributed by atoms with Crippen LogP contribution in [-0.2, 0) is 16.1 Å². The molecule has 2 rings (SSSR count). The lowest BCUT2D eigenvalue weighted by molar-refractivity contribution is -0.120. The van der Waals surface area contributed by atoms with Gasteiger partial charge in [-0.3, -0.25) is 4.79 Å². The summed E-state index contributed by atoms with van der Waals surface area (Å²) in [5.41, 5.74) is 1.94. The second-order valence-corrected chi connectivity index (χ2v) is 5.44. The lowest BCUT2D eigenvalue weighted by atomic mass is 10.0. The second kappa shape index (κ2) is 6.86. The van der Waals surface area contributed by atoms with E-state index in [0.29, 0.717) is 19.3 Å². The number of anilines is 1. The average molecular weight is 276 g/mol. The zero-order valence-corrected chi connectivity index (χ0v) is 12.6. The highest BCUT2D eigenvalue weighted by molar-refractivity contribution is 5.93. The molecule has 0 unspecified atom stereocenters. The van der Waals surface area contributed by atoms with Crippen molar-refractivity contribution in [2.24, 2.45) is 5.92 Å². The first kappa shape index (κ1) is 15.0. The van der Waals surface area contributed by atoms with Gasteiger partial charge < -0.3 is 15.0 Å². The minimum atomic E-state index is 0.0792. The van der Waals surface area contributed by atoms with Crippen LogP contribution in [0.5, 0.6) is 0 Å². The van der Waals surface area contributed by atoms with E-state index in [4.69, 9.17) is 4.74 Å². The van der Waals surface area contributed by atoms with E-state index >= 15 is 0 Å². The van der Waals surface area contributed by atoms with Gasteiger partial charge in [-0.15, -0.1) is 0 Å². The smallest absolute Gasteiger partial charge is 0.229 e. The van der Waals surface area contributed by atoms with Gasteiger partial charge in [-0.05, 0) is 51.6 Å². The molecule has 1 saturated heterocycles. The molecule has 1 aromatic carbocycles. The van der Waals surface area contributed by atoms with Gasteiger partial charge in [-0.2, -0.15) is 0 Å². The van der Waals surface area contributed by atoms with E-state index in [0.717, 1.165) is 24.2 Å². The quantitative estimate of drug-likeness (QED) is 0.898. The van der Waals surface area contributed by atoms with E-state index in [2.05, 4.69) is 24.2 Å². The molecule has 4 heteroatoms. The highest BCUT2D eigenvalue weighted by atomic mass is 16.5. The minimum absolute atomic E-state index is 0.0792. The van der Waals surface area contributed by atoms with Crippen molar-refractivity contribution in [2.45, 2.75) is 32.9 Å². The van der Waals surface area contributed by atoms with Crippen LogP contribution in [0.3, 0.4) is 0 Å². The first-order valence-electron chi connectivity index (χ1n) is 7.29. The molecule has 0 saturated carbocycles. The maximum absolute atomic E-state index is 12.3. The fourth-order valence-corrected chi connectivity index (χ4v) is 2.64. The zero-order valence-electron chi connectivity index (χ0n) is 12.6. The predicted octanol–water partition coefficient (Wildman–Crippen LogP) is 2.50. The SMILES string of the molecule is CCOCc1cccc(NC(=O)[C@@H]2CCN(C)[C@@H]2C)c1. The Hall–Kier alpha value is -1.39. The van der Waals surface area contributed by atoms with Crippen LogP contribution in [0.4, 0.5) is 5.69 Å². The molecule has 1 N–H and O–H groups in total. The number of hydrogen-bond acceptors (Lipinski definition) is 3. The highest BCUT2D eigenvalue weighted by Gasteiger charge is 2.33. The molecule has 1 heterocycles. The Kier molecular flexibility index (Phi) is 5.15. The van der Waals surface area contributed by atoms with Gasteiger partial charge in [0.2, 0.25) is 5.91 Å². The van der Waals surface area contributed by atoms with E-state index in [-0.39, 0.29) is 11.8 Å². The summed E-state index contributed by atoms with van der Waals surface area (Å²) >= 11 is 0. The fraction of sp³-hybridized carbons (Fsp3) is 0.562. The topological polar surface area (TPSA) is 41.6 Å². The molecule has 0 bridgehead atoms. The molecule has 1 aliphatic rings. The number of nitrogens with one attached hydrogen (secondary N) is 1. The van der Waals surface area contributed by atoms with Crippen LogP contribution in [-0.4, -0.2) is 37.0 Å². The number of amides is 1. The molecule has 20 heavy (non-hydrogen) atoms. The maximum Gasteiger partial charge on any atom is 0.229 e.